The molecular formula is C14H18N2O2S. The number of carbonyl (C=O) groups excluding carboxylic acids is 2. The molecule has 1 aliphatic rings. The zero-order chi connectivity index (χ0) is 13.8. The molecule has 0 unspecified atom stereocenters. The average Bonchev–Trinajstić information content (AvgIpc) is 2.94. The third kappa shape index (κ3) is 3.23. The SMILES string of the molecule is C=CCN1C[C@@H](C(=O)NCc2sccc2C)CC1=O. The van der Waals surface area contributed by atoms with Gasteiger partial charge in [0.1, 0.15) is 0 Å². The molecule has 1 saturated heterocycles. The van der Waals surface area contributed by atoms with Crippen LogP contribution in [-0.2, 0) is 16.1 Å². The molecule has 2 heterocycles. The molecule has 19 heavy (non-hydrogen) atoms. The van der Waals surface area contributed by atoms with Gasteiger partial charge in [0.05, 0.1) is 12.5 Å². The number of rotatable bonds is 5. The number of likely N-dealkylation sites (tertiary alicyclic amines) is 1. The smallest absolute Gasteiger partial charge is 0.225 e. The third-order valence-electron chi connectivity index (χ3n) is 3.33. The molecule has 1 fully saturated rings. The van der Waals surface area contributed by atoms with Gasteiger partial charge in [0.15, 0.2) is 0 Å². The van der Waals surface area contributed by atoms with Crippen molar-refractivity contribution >= 4 is 23.2 Å². The van der Waals surface area contributed by atoms with E-state index in [4.69, 9.17) is 0 Å². The standard InChI is InChI=1S/C14H18N2O2S/c1-3-5-16-9-11(7-13(16)17)14(18)15-8-12-10(2)4-6-19-12/h3-4,6,11H,1,5,7-9H2,2H3,(H,15,18)/t11-/m0/s1. The Labute approximate surface area is 117 Å². The lowest BCUT2D eigenvalue weighted by molar-refractivity contribution is -0.128. The van der Waals surface area contributed by atoms with Crippen LogP contribution in [0, 0.1) is 12.8 Å². The van der Waals surface area contributed by atoms with Crippen molar-refractivity contribution < 1.29 is 9.59 Å². The predicted octanol–water partition coefficient (Wildman–Crippen LogP) is 1.71. The lowest BCUT2D eigenvalue weighted by Gasteiger charge is -2.14. The van der Waals surface area contributed by atoms with Crippen molar-refractivity contribution in [1.29, 1.82) is 0 Å². The van der Waals surface area contributed by atoms with Crippen LogP contribution >= 0.6 is 11.3 Å². The van der Waals surface area contributed by atoms with Crippen molar-refractivity contribution in [2.75, 3.05) is 13.1 Å². The first-order valence-electron chi connectivity index (χ1n) is 6.31. The normalized spacial score (nSPS) is 18.7. The number of thiophene rings is 1. The van der Waals surface area contributed by atoms with Crippen LogP contribution in [-0.4, -0.2) is 29.8 Å². The van der Waals surface area contributed by atoms with E-state index in [2.05, 4.69) is 11.9 Å². The first kappa shape index (κ1) is 13.8. The van der Waals surface area contributed by atoms with E-state index in [1.165, 1.54) is 10.4 Å². The van der Waals surface area contributed by atoms with Crippen LogP contribution in [0.4, 0.5) is 0 Å². The van der Waals surface area contributed by atoms with Crippen LogP contribution < -0.4 is 5.32 Å². The Hall–Kier alpha value is -1.62. The van der Waals surface area contributed by atoms with E-state index in [0.29, 0.717) is 26.1 Å². The Morgan fingerprint density at radius 3 is 3.11 bits per heavy atom. The van der Waals surface area contributed by atoms with E-state index in [-0.39, 0.29) is 17.7 Å². The molecule has 0 spiro atoms. The van der Waals surface area contributed by atoms with Crippen LogP contribution in [0.5, 0.6) is 0 Å². The first-order valence-corrected chi connectivity index (χ1v) is 7.19. The van der Waals surface area contributed by atoms with Crippen LogP contribution in [0.1, 0.15) is 16.9 Å². The Kier molecular flexibility index (Phi) is 4.37. The maximum absolute atomic E-state index is 12.0. The van der Waals surface area contributed by atoms with Crippen molar-refractivity contribution in [1.82, 2.24) is 10.2 Å². The van der Waals surface area contributed by atoms with Crippen LogP contribution in [0.15, 0.2) is 24.1 Å². The molecule has 4 nitrogen and oxygen atoms in total. The Bertz CT molecular complexity index is 495. The molecule has 1 aromatic rings. The molecule has 0 aliphatic carbocycles. The molecule has 0 bridgehead atoms. The monoisotopic (exact) mass is 278 g/mol. The second-order valence-electron chi connectivity index (χ2n) is 4.73. The van der Waals surface area contributed by atoms with Gasteiger partial charge in [0, 0.05) is 24.4 Å². The molecule has 2 rings (SSSR count). The van der Waals surface area contributed by atoms with E-state index < -0.39 is 0 Å². The van der Waals surface area contributed by atoms with Gasteiger partial charge in [0.25, 0.3) is 0 Å². The van der Waals surface area contributed by atoms with E-state index in [1.807, 2.05) is 18.4 Å². The van der Waals surface area contributed by atoms with Crippen LogP contribution in [0.2, 0.25) is 0 Å². The molecule has 1 aliphatic heterocycles. The minimum absolute atomic E-state index is 0.0345. The van der Waals surface area contributed by atoms with Gasteiger partial charge in [0.2, 0.25) is 11.8 Å². The summed E-state index contributed by atoms with van der Waals surface area (Å²) in [5.41, 5.74) is 1.20. The van der Waals surface area contributed by atoms with Gasteiger partial charge in [-0.1, -0.05) is 6.08 Å². The van der Waals surface area contributed by atoms with Crippen molar-refractivity contribution in [3.63, 3.8) is 0 Å². The number of amides is 2. The fraction of sp³-hybridized carbons (Fsp3) is 0.429. The summed E-state index contributed by atoms with van der Waals surface area (Å²) >= 11 is 1.64. The zero-order valence-electron chi connectivity index (χ0n) is 11.0. The quantitative estimate of drug-likeness (QED) is 0.834. The highest BCUT2D eigenvalue weighted by Gasteiger charge is 2.33. The second kappa shape index (κ2) is 6.02. The van der Waals surface area contributed by atoms with Gasteiger partial charge in [-0.2, -0.15) is 0 Å². The maximum atomic E-state index is 12.0. The molecule has 1 aromatic heterocycles. The number of aryl methyl sites for hydroxylation is 1. The van der Waals surface area contributed by atoms with Gasteiger partial charge >= 0.3 is 0 Å². The summed E-state index contributed by atoms with van der Waals surface area (Å²) in [6, 6.07) is 2.04. The third-order valence-corrected chi connectivity index (χ3v) is 4.35. The Morgan fingerprint density at radius 2 is 2.47 bits per heavy atom. The number of carbonyl (C=O) groups is 2. The summed E-state index contributed by atoms with van der Waals surface area (Å²) in [6.45, 7) is 7.22. The summed E-state index contributed by atoms with van der Waals surface area (Å²) in [4.78, 5) is 26.5. The summed E-state index contributed by atoms with van der Waals surface area (Å²) < 4.78 is 0. The highest BCUT2D eigenvalue weighted by Crippen LogP contribution is 2.19. The van der Waals surface area contributed by atoms with E-state index in [1.54, 1.807) is 22.3 Å². The zero-order valence-corrected chi connectivity index (χ0v) is 11.8. The minimum atomic E-state index is -0.229. The largest absolute Gasteiger partial charge is 0.351 e. The molecule has 102 valence electrons. The van der Waals surface area contributed by atoms with Gasteiger partial charge in [-0.25, -0.2) is 0 Å². The lowest BCUT2D eigenvalue weighted by atomic mass is 10.1. The fourth-order valence-corrected chi connectivity index (χ4v) is 3.02. The summed E-state index contributed by atoms with van der Waals surface area (Å²) in [5, 5.41) is 4.93. The summed E-state index contributed by atoms with van der Waals surface area (Å²) in [7, 11) is 0. The second-order valence-corrected chi connectivity index (χ2v) is 5.73. The first-order chi connectivity index (χ1) is 9.11. The molecule has 5 heteroatoms. The maximum Gasteiger partial charge on any atom is 0.225 e. The van der Waals surface area contributed by atoms with E-state index >= 15 is 0 Å². The molecular weight excluding hydrogens is 260 g/mol. The number of hydrogen-bond donors (Lipinski definition) is 1. The van der Waals surface area contributed by atoms with Crippen molar-refractivity contribution in [3.8, 4) is 0 Å². The molecule has 0 radical (unpaired) electrons. The Balaban J connectivity index is 1.86. The average molecular weight is 278 g/mol. The van der Waals surface area contributed by atoms with Gasteiger partial charge < -0.3 is 10.2 Å². The van der Waals surface area contributed by atoms with Gasteiger partial charge in [-0.05, 0) is 23.9 Å². The topological polar surface area (TPSA) is 49.4 Å². The fourth-order valence-electron chi connectivity index (χ4n) is 2.18. The lowest BCUT2D eigenvalue weighted by Crippen LogP contribution is -2.32. The van der Waals surface area contributed by atoms with Crippen LogP contribution in [0.25, 0.3) is 0 Å². The summed E-state index contributed by atoms with van der Waals surface area (Å²) in [5.74, 6) is -0.229. The van der Waals surface area contributed by atoms with Gasteiger partial charge in [-0.3, -0.25) is 9.59 Å². The highest BCUT2D eigenvalue weighted by molar-refractivity contribution is 7.10. The number of nitrogens with zero attached hydrogens (tertiary/aromatic N) is 1. The number of hydrogen-bond acceptors (Lipinski definition) is 3. The minimum Gasteiger partial charge on any atom is -0.351 e. The predicted molar refractivity (Wildman–Crippen MR) is 75.8 cm³/mol. The molecule has 1 N–H and O–H groups in total. The van der Waals surface area contributed by atoms with E-state index in [9.17, 15) is 9.59 Å². The van der Waals surface area contributed by atoms with E-state index in [0.717, 1.165) is 0 Å². The van der Waals surface area contributed by atoms with Crippen molar-refractivity contribution in [2.24, 2.45) is 5.92 Å². The Morgan fingerprint density at radius 1 is 1.68 bits per heavy atom. The molecule has 0 aromatic carbocycles. The number of nitrogens with one attached hydrogen (secondary N) is 1. The van der Waals surface area contributed by atoms with Gasteiger partial charge in [-0.15, -0.1) is 17.9 Å². The summed E-state index contributed by atoms with van der Waals surface area (Å²) in [6.07, 6.45) is 2.00. The van der Waals surface area contributed by atoms with Crippen LogP contribution in [0.3, 0.4) is 0 Å². The molecule has 2 amide bonds. The van der Waals surface area contributed by atoms with Crippen molar-refractivity contribution in [3.05, 3.63) is 34.5 Å². The molecule has 1 atom stereocenters. The van der Waals surface area contributed by atoms with Crippen molar-refractivity contribution in [2.45, 2.75) is 19.9 Å². The molecule has 0 saturated carbocycles. The highest BCUT2D eigenvalue weighted by atomic mass is 32.1.